The smallest absolute Gasteiger partial charge is 0.414 e. The number of amides is 1. The lowest BCUT2D eigenvalue weighted by Crippen LogP contribution is -2.27. The molecule has 1 fully saturated rings. The SMILES string of the molecule is O=C1OC(COC(Cn2cncn2)c2ccc(Cl)cc2Cl)CN1c1ccc(-n2cncn2)c(F)c1. The summed E-state index contributed by atoms with van der Waals surface area (Å²) in [6.07, 6.45) is 4.00. The van der Waals surface area contributed by atoms with Crippen LogP contribution in [-0.4, -0.2) is 54.9 Å². The van der Waals surface area contributed by atoms with E-state index in [9.17, 15) is 9.18 Å². The molecular weight excluding hydrogens is 500 g/mol. The van der Waals surface area contributed by atoms with Gasteiger partial charge in [0.15, 0.2) is 5.82 Å². The Morgan fingerprint density at radius 2 is 1.94 bits per heavy atom. The van der Waals surface area contributed by atoms with Gasteiger partial charge in [0, 0.05) is 15.6 Å². The Morgan fingerprint density at radius 3 is 2.66 bits per heavy atom. The summed E-state index contributed by atoms with van der Waals surface area (Å²) in [5.74, 6) is -0.550. The van der Waals surface area contributed by atoms with Crippen molar-refractivity contribution >= 4 is 35.0 Å². The van der Waals surface area contributed by atoms with Gasteiger partial charge in [-0.1, -0.05) is 29.3 Å². The quantitative estimate of drug-likeness (QED) is 0.347. The van der Waals surface area contributed by atoms with Gasteiger partial charge in [-0.15, -0.1) is 0 Å². The Morgan fingerprint density at radius 1 is 1.11 bits per heavy atom. The fourth-order valence-electron chi connectivity index (χ4n) is 3.73. The topological polar surface area (TPSA) is 100 Å². The van der Waals surface area contributed by atoms with Crippen LogP contribution in [0.25, 0.3) is 5.69 Å². The van der Waals surface area contributed by atoms with Gasteiger partial charge >= 0.3 is 6.09 Å². The zero-order valence-corrected chi connectivity index (χ0v) is 19.6. The van der Waals surface area contributed by atoms with Crippen LogP contribution >= 0.6 is 23.2 Å². The van der Waals surface area contributed by atoms with Crippen LogP contribution in [0.4, 0.5) is 14.9 Å². The molecule has 0 saturated carbocycles. The maximum atomic E-state index is 14.7. The Kier molecular flexibility index (Phi) is 6.62. The van der Waals surface area contributed by atoms with E-state index in [4.69, 9.17) is 32.7 Å². The number of benzene rings is 2. The average Bonchev–Trinajstić information content (AvgIpc) is 3.60. The standard InChI is InChI=1S/C22H18Cl2FN7O3/c23-14-1-3-17(18(24)5-14)21(8-30-12-26-10-28-30)34-9-16-7-31(22(33)35-16)15-2-4-20(19(25)6-15)32-13-27-11-29-32/h1-6,10-13,16,21H,7-9H2. The van der Waals surface area contributed by atoms with Gasteiger partial charge in [0.25, 0.3) is 0 Å². The number of carbonyl (C=O) groups excluding carboxylic acids is 1. The van der Waals surface area contributed by atoms with Crippen molar-refractivity contribution in [2.75, 3.05) is 18.1 Å². The largest absolute Gasteiger partial charge is 0.441 e. The molecule has 2 unspecified atom stereocenters. The Hall–Kier alpha value is -3.54. The third kappa shape index (κ3) is 5.11. The maximum absolute atomic E-state index is 14.7. The summed E-state index contributed by atoms with van der Waals surface area (Å²) in [5, 5.41) is 8.99. The Balaban J connectivity index is 1.28. The van der Waals surface area contributed by atoms with Crippen molar-refractivity contribution in [3.63, 3.8) is 0 Å². The normalized spacial score (nSPS) is 16.5. The molecule has 1 aliphatic rings. The van der Waals surface area contributed by atoms with Crippen molar-refractivity contribution in [1.82, 2.24) is 29.5 Å². The number of anilines is 1. The molecule has 2 aromatic carbocycles. The fraction of sp³-hybridized carbons (Fsp3) is 0.227. The summed E-state index contributed by atoms with van der Waals surface area (Å²) in [4.78, 5) is 21.6. The van der Waals surface area contributed by atoms with E-state index in [1.165, 1.54) is 40.7 Å². The number of hydrogen-bond acceptors (Lipinski definition) is 7. The van der Waals surface area contributed by atoms with Crippen LogP contribution in [0.2, 0.25) is 10.0 Å². The second-order valence-corrected chi connectivity index (χ2v) is 8.54. The zero-order chi connectivity index (χ0) is 24.4. The first kappa shape index (κ1) is 23.2. The third-order valence-electron chi connectivity index (χ3n) is 5.39. The van der Waals surface area contributed by atoms with Gasteiger partial charge in [0.1, 0.15) is 43.2 Å². The van der Waals surface area contributed by atoms with E-state index in [2.05, 4.69) is 20.2 Å². The lowest BCUT2D eigenvalue weighted by atomic mass is 10.1. The van der Waals surface area contributed by atoms with E-state index in [1.54, 1.807) is 35.3 Å². The molecule has 1 saturated heterocycles. The molecule has 3 heterocycles. The van der Waals surface area contributed by atoms with Crippen LogP contribution in [0.3, 0.4) is 0 Å². The summed E-state index contributed by atoms with van der Waals surface area (Å²) in [5.41, 5.74) is 1.28. The predicted molar refractivity (Wildman–Crippen MR) is 124 cm³/mol. The van der Waals surface area contributed by atoms with Crippen LogP contribution in [0.1, 0.15) is 11.7 Å². The average molecular weight is 518 g/mol. The highest BCUT2D eigenvalue weighted by Gasteiger charge is 2.34. The minimum Gasteiger partial charge on any atom is -0.441 e. The molecule has 13 heteroatoms. The van der Waals surface area contributed by atoms with Crippen molar-refractivity contribution in [3.05, 3.63) is 83.1 Å². The number of carbonyl (C=O) groups is 1. The lowest BCUT2D eigenvalue weighted by Gasteiger charge is -2.21. The van der Waals surface area contributed by atoms with Crippen molar-refractivity contribution in [3.8, 4) is 5.69 Å². The molecule has 2 aromatic heterocycles. The van der Waals surface area contributed by atoms with Gasteiger partial charge in [-0.3, -0.25) is 9.58 Å². The van der Waals surface area contributed by atoms with Crippen molar-refractivity contribution in [2.24, 2.45) is 0 Å². The van der Waals surface area contributed by atoms with Crippen LogP contribution < -0.4 is 4.90 Å². The van der Waals surface area contributed by atoms with E-state index in [0.717, 1.165) is 0 Å². The molecule has 4 aromatic rings. The highest BCUT2D eigenvalue weighted by atomic mass is 35.5. The van der Waals surface area contributed by atoms with Crippen molar-refractivity contribution in [2.45, 2.75) is 18.8 Å². The van der Waals surface area contributed by atoms with Gasteiger partial charge in [0.05, 0.1) is 25.4 Å². The van der Waals surface area contributed by atoms with Crippen LogP contribution in [0.5, 0.6) is 0 Å². The number of rotatable bonds is 8. The van der Waals surface area contributed by atoms with Gasteiger partial charge in [0.2, 0.25) is 0 Å². The number of hydrogen-bond donors (Lipinski definition) is 0. The Labute approximate surface area is 208 Å². The second kappa shape index (κ2) is 9.98. The van der Waals surface area contributed by atoms with Crippen LogP contribution in [0, 0.1) is 5.82 Å². The first-order valence-corrected chi connectivity index (χ1v) is 11.2. The summed E-state index contributed by atoms with van der Waals surface area (Å²) < 4.78 is 29.1. The van der Waals surface area contributed by atoms with Gasteiger partial charge in [-0.2, -0.15) is 10.2 Å². The molecule has 1 aliphatic heterocycles. The summed E-state index contributed by atoms with van der Waals surface area (Å²) in [6, 6.07) is 9.51. The molecule has 0 radical (unpaired) electrons. The minimum absolute atomic E-state index is 0.0834. The van der Waals surface area contributed by atoms with E-state index >= 15 is 0 Å². The molecule has 5 rings (SSSR count). The number of ether oxygens (including phenoxy) is 2. The minimum atomic E-state index is -0.594. The highest BCUT2D eigenvalue weighted by Crippen LogP contribution is 2.31. The fourth-order valence-corrected chi connectivity index (χ4v) is 4.26. The zero-order valence-electron chi connectivity index (χ0n) is 18.0. The third-order valence-corrected chi connectivity index (χ3v) is 5.96. The summed E-state index contributed by atoms with van der Waals surface area (Å²) in [7, 11) is 0. The van der Waals surface area contributed by atoms with Crippen molar-refractivity contribution < 1.29 is 18.7 Å². The summed E-state index contributed by atoms with van der Waals surface area (Å²) >= 11 is 12.4. The van der Waals surface area contributed by atoms with Crippen LogP contribution in [-0.2, 0) is 16.0 Å². The molecule has 0 aliphatic carbocycles. The second-order valence-electron chi connectivity index (χ2n) is 7.70. The molecule has 1 amide bonds. The summed E-state index contributed by atoms with van der Waals surface area (Å²) in [6.45, 7) is 0.603. The van der Waals surface area contributed by atoms with E-state index in [-0.39, 0.29) is 18.8 Å². The van der Waals surface area contributed by atoms with Gasteiger partial charge < -0.3 is 9.47 Å². The first-order chi connectivity index (χ1) is 17.0. The van der Waals surface area contributed by atoms with Gasteiger partial charge in [-0.25, -0.2) is 23.8 Å². The predicted octanol–water partition coefficient (Wildman–Crippen LogP) is 4.09. The monoisotopic (exact) mass is 517 g/mol. The number of halogens is 3. The number of cyclic esters (lactones) is 1. The molecule has 35 heavy (non-hydrogen) atoms. The first-order valence-electron chi connectivity index (χ1n) is 10.5. The Bertz CT molecular complexity index is 1320. The molecule has 0 N–H and O–H groups in total. The maximum Gasteiger partial charge on any atom is 0.414 e. The van der Waals surface area contributed by atoms with E-state index < -0.39 is 24.1 Å². The highest BCUT2D eigenvalue weighted by molar-refractivity contribution is 6.35. The number of aromatic nitrogens is 6. The van der Waals surface area contributed by atoms with E-state index in [1.807, 2.05) is 0 Å². The molecule has 180 valence electrons. The molecule has 0 spiro atoms. The molecule has 0 bridgehead atoms. The van der Waals surface area contributed by atoms with E-state index in [0.29, 0.717) is 27.8 Å². The van der Waals surface area contributed by atoms with Crippen LogP contribution in [0.15, 0.2) is 61.7 Å². The molecule has 10 nitrogen and oxygen atoms in total. The molecule has 2 atom stereocenters. The lowest BCUT2D eigenvalue weighted by molar-refractivity contribution is -0.0102. The molecular formula is C22H18Cl2FN7O3. The van der Waals surface area contributed by atoms with Gasteiger partial charge in [-0.05, 0) is 30.3 Å². The number of nitrogens with zero attached hydrogens (tertiary/aromatic N) is 7. The van der Waals surface area contributed by atoms with Crippen molar-refractivity contribution in [1.29, 1.82) is 0 Å².